The van der Waals surface area contributed by atoms with Gasteiger partial charge in [0.2, 0.25) is 0 Å². The van der Waals surface area contributed by atoms with Crippen molar-refractivity contribution < 1.29 is 61.6 Å². The van der Waals surface area contributed by atoms with Gasteiger partial charge in [-0.3, -0.25) is 0 Å². The fourth-order valence-corrected chi connectivity index (χ4v) is 3.29. The third-order valence-electron chi connectivity index (χ3n) is 6.21. The summed E-state index contributed by atoms with van der Waals surface area (Å²) in [5.74, 6) is 0.598. The van der Waals surface area contributed by atoms with E-state index in [0.29, 0.717) is 164 Å². The van der Waals surface area contributed by atoms with Crippen molar-refractivity contribution >= 4 is 0 Å². The average Bonchev–Trinajstić information content (AvgIpc) is 3.07. The maximum atomic E-state index is 5.53. The molecule has 1 unspecified atom stereocenters. The van der Waals surface area contributed by atoms with Gasteiger partial charge in [0.15, 0.2) is 0 Å². The van der Waals surface area contributed by atoms with Crippen LogP contribution in [0.2, 0.25) is 0 Å². The van der Waals surface area contributed by atoms with Crippen LogP contribution in [0.1, 0.15) is 40.0 Å². The fraction of sp³-hybridized carbons (Fsp3) is 1.00. The van der Waals surface area contributed by atoms with Crippen LogP contribution in [0.15, 0.2) is 0 Å². The van der Waals surface area contributed by atoms with Crippen LogP contribution < -0.4 is 0 Å². The maximum absolute atomic E-state index is 5.53. The standard InChI is InChI=1S/C33H68O13/c1-4-6-7-34-8-9-35-10-11-36-12-13-37-14-15-38-16-17-39-18-19-40-20-21-41-22-23-42-24-25-43-26-27-44-28-29-45-30-31-46-32-33(3)5-2/h33H,4-32H2,1-3H3. The molecule has 0 spiro atoms. The van der Waals surface area contributed by atoms with Gasteiger partial charge in [0.25, 0.3) is 0 Å². The van der Waals surface area contributed by atoms with E-state index in [0.717, 1.165) is 32.5 Å². The molecule has 0 aromatic carbocycles. The summed E-state index contributed by atoms with van der Waals surface area (Å²) in [6, 6.07) is 0. The molecule has 278 valence electrons. The molecule has 0 aliphatic heterocycles. The number of rotatable bonds is 42. The minimum atomic E-state index is 0.516. The van der Waals surface area contributed by atoms with E-state index in [-0.39, 0.29) is 0 Å². The van der Waals surface area contributed by atoms with Crippen molar-refractivity contribution in [2.45, 2.75) is 40.0 Å². The lowest BCUT2D eigenvalue weighted by molar-refractivity contribution is -0.0292. The van der Waals surface area contributed by atoms with Gasteiger partial charge in [-0.25, -0.2) is 0 Å². The summed E-state index contributed by atoms with van der Waals surface area (Å²) in [4.78, 5) is 0. The Morgan fingerprint density at radius 2 is 0.478 bits per heavy atom. The van der Waals surface area contributed by atoms with Crippen molar-refractivity contribution in [2.24, 2.45) is 5.92 Å². The van der Waals surface area contributed by atoms with Crippen molar-refractivity contribution in [1.29, 1.82) is 0 Å². The lowest BCUT2D eigenvalue weighted by Gasteiger charge is -2.10. The topological polar surface area (TPSA) is 120 Å². The van der Waals surface area contributed by atoms with E-state index in [9.17, 15) is 0 Å². The summed E-state index contributed by atoms with van der Waals surface area (Å²) in [5.41, 5.74) is 0. The predicted molar refractivity (Wildman–Crippen MR) is 175 cm³/mol. The summed E-state index contributed by atoms with van der Waals surface area (Å²) in [6.45, 7) is 21.2. The van der Waals surface area contributed by atoms with Gasteiger partial charge in [-0.2, -0.15) is 0 Å². The SMILES string of the molecule is CCCCOCCOCCOCCOCCOCCOCCOCCOCCOCCOCCOCCOCCOCC(C)CC. The van der Waals surface area contributed by atoms with Gasteiger partial charge in [0, 0.05) is 13.2 Å². The normalized spacial score (nSPS) is 12.3. The Morgan fingerprint density at radius 3 is 0.674 bits per heavy atom. The molecule has 0 bridgehead atoms. The molecule has 0 rings (SSSR count). The summed E-state index contributed by atoms with van der Waals surface area (Å²) in [7, 11) is 0. The van der Waals surface area contributed by atoms with Crippen molar-refractivity contribution in [3.05, 3.63) is 0 Å². The second-order valence-corrected chi connectivity index (χ2v) is 10.3. The van der Waals surface area contributed by atoms with Crippen LogP contribution in [0, 0.1) is 5.92 Å². The molecule has 0 aliphatic carbocycles. The second-order valence-electron chi connectivity index (χ2n) is 10.3. The number of ether oxygens (including phenoxy) is 13. The first-order valence-electron chi connectivity index (χ1n) is 17.3. The van der Waals surface area contributed by atoms with Crippen LogP contribution >= 0.6 is 0 Å². The van der Waals surface area contributed by atoms with Crippen molar-refractivity contribution in [3.63, 3.8) is 0 Å². The Labute approximate surface area is 279 Å². The monoisotopic (exact) mass is 672 g/mol. The largest absolute Gasteiger partial charge is 0.379 e. The Balaban J connectivity index is 3.04. The first-order valence-corrected chi connectivity index (χ1v) is 17.3. The van der Waals surface area contributed by atoms with Crippen molar-refractivity contribution in [2.75, 3.05) is 172 Å². The zero-order chi connectivity index (χ0) is 33.3. The summed E-state index contributed by atoms with van der Waals surface area (Å²) >= 11 is 0. The van der Waals surface area contributed by atoms with Gasteiger partial charge in [0.05, 0.1) is 159 Å². The molecule has 0 radical (unpaired) electrons. The van der Waals surface area contributed by atoms with E-state index >= 15 is 0 Å². The van der Waals surface area contributed by atoms with Crippen LogP contribution in [-0.4, -0.2) is 172 Å². The van der Waals surface area contributed by atoms with Crippen LogP contribution in [0.3, 0.4) is 0 Å². The van der Waals surface area contributed by atoms with Crippen LogP contribution in [0.5, 0.6) is 0 Å². The number of hydrogen-bond acceptors (Lipinski definition) is 13. The van der Waals surface area contributed by atoms with Crippen LogP contribution in [0.4, 0.5) is 0 Å². The predicted octanol–water partition coefficient (Wildman–Crippen LogP) is 3.05. The molecule has 0 N–H and O–H groups in total. The minimum absolute atomic E-state index is 0.516. The molecule has 46 heavy (non-hydrogen) atoms. The van der Waals surface area contributed by atoms with E-state index in [2.05, 4.69) is 20.8 Å². The summed E-state index contributed by atoms with van der Waals surface area (Å²) in [6.07, 6.45) is 3.38. The Hall–Kier alpha value is -0.520. The lowest BCUT2D eigenvalue weighted by atomic mass is 10.1. The van der Waals surface area contributed by atoms with Gasteiger partial charge in [-0.05, 0) is 12.3 Å². The van der Waals surface area contributed by atoms with E-state index in [4.69, 9.17) is 61.6 Å². The first-order chi connectivity index (χ1) is 22.8. The summed E-state index contributed by atoms with van der Waals surface area (Å²) < 4.78 is 71.2. The highest BCUT2D eigenvalue weighted by Crippen LogP contribution is 2.00. The number of hydrogen-bond donors (Lipinski definition) is 0. The van der Waals surface area contributed by atoms with E-state index in [1.165, 1.54) is 0 Å². The zero-order valence-corrected chi connectivity index (χ0v) is 29.4. The Kier molecular flexibility index (Phi) is 42.0. The molecule has 0 heterocycles. The molecular weight excluding hydrogens is 604 g/mol. The molecule has 0 saturated carbocycles. The smallest absolute Gasteiger partial charge is 0.0701 e. The zero-order valence-electron chi connectivity index (χ0n) is 29.4. The molecule has 13 heteroatoms. The molecule has 13 nitrogen and oxygen atoms in total. The highest BCUT2D eigenvalue weighted by molar-refractivity contribution is 4.46. The molecule has 0 aromatic rings. The highest BCUT2D eigenvalue weighted by atomic mass is 16.6. The third-order valence-corrected chi connectivity index (χ3v) is 6.21. The Morgan fingerprint density at radius 1 is 0.283 bits per heavy atom. The molecule has 0 amide bonds. The quantitative estimate of drug-likeness (QED) is 0.0885. The van der Waals surface area contributed by atoms with Gasteiger partial charge < -0.3 is 61.6 Å². The van der Waals surface area contributed by atoms with E-state index in [1.807, 2.05) is 0 Å². The maximum Gasteiger partial charge on any atom is 0.0701 e. The molecule has 0 aromatic heterocycles. The molecule has 0 fully saturated rings. The fourth-order valence-electron chi connectivity index (χ4n) is 3.29. The highest BCUT2D eigenvalue weighted by Gasteiger charge is 1.99. The second kappa shape index (κ2) is 42.5. The molecule has 1 atom stereocenters. The first kappa shape index (κ1) is 45.5. The number of unbranched alkanes of at least 4 members (excludes halogenated alkanes) is 1. The average molecular weight is 673 g/mol. The minimum Gasteiger partial charge on any atom is -0.379 e. The molecular formula is C33H68O13. The lowest BCUT2D eigenvalue weighted by Crippen LogP contribution is -2.15. The molecule has 0 saturated heterocycles. The van der Waals surface area contributed by atoms with E-state index in [1.54, 1.807) is 0 Å². The summed E-state index contributed by atoms with van der Waals surface area (Å²) in [5, 5.41) is 0. The Bertz CT molecular complexity index is 534. The van der Waals surface area contributed by atoms with Gasteiger partial charge in [-0.1, -0.05) is 33.6 Å². The van der Waals surface area contributed by atoms with Gasteiger partial charge >= 0.3 is 0 Å². The van der Waals surface area contributed by atoms with Crippen molar-refractivity contribution in [1.82, 2.24) is 0 Å². The van der Waals surface area contributed by atoms with E-state index < -0.39 is 0 Å². The van der Waals surface area contributed by atoms with Crippen LogP contribution in [0.25, 0.3) is 0 Å². The van der Waals surface area contributed by atoms with Crippen molar-refractivity contribution in [3.8, 4) is 0 Å². The van der Waals surface area contributed by atoms with Gasteiger partial charge in [0.1, 0.15) is 0 Å². The molecule has 0 aliphatic rings. The third kappa shape index (κ3) is 41.5. The van der Waals surface area contributed by atoms with Gasteiger partial charge in [-0.15, -0.1) is 0 Å². The van der Waals surface area contributed by atoms with Crippen LogP contribution in [-0.2, 0) is 61.6 Å².